The predicted octanol–water partition coefficient (Wildman–Crippen LogP) is 1.93. The van der Waals surface area contributed by atoms with Crippen molar-refractivity contribution in [3.8, 4) is 0 Å². The maximum absolute atomic E-state index is 11.3. The van der Waals surface area contributed by atoms with Crippen molar-refractivity contribution < 1.29 is 4.79 Å². The molecular weight excluding hydrogens is 174 g/mol. The van der Waals surface area contributed by atoms with Crippen LogP contribution in [0.2, 0.25) is 0 Å². The molecular formula is C12H13NO. The van der Waals surface area contributed by atoms with Gasteiger partial charge in [0.05, 0.1) is 0 Å². The van der Waals surface area contributed by atoms with E-state index in [1.165, 1.54) is 11.1 Å². The Morgan fingerprint density at radius 2 is 2.00 bits per heavy atom. The highest BCUT2D eigenvalue weighted by Crippen LogP contribution is 2.17. The molecule has 0 spiro atoms. The summed E-state index contributed by atoms with van der Waals surface area (Å²) in [4.78, 5) is 13.0. The highest BCUT2D eigenvalue weighted by molar-refractivity contribution is 5.84. The van der Waals surface area contributed by atoms with Crippen LogP contribution < -0.4 is 0 Å². The molecule has 1 aliphatic heterocycles. The third kappa shape index (κ3) is 1.84. The van der Waals surface area contributed by atoms with E-state index < -0.39 is 0 Å². The minimum atomic E-state index is 0.215. The number of benzene rings is 1. The van der Waals surface area contributed by atoms with Gasteiger partial charge in [-0.15, -0.1) is 0 Å². The minimum Gasteiger partial charge on any atom is -0.341 e. The smallest absolute Gasteiger partial charge is 0.226 e. The number of likely N-dealkylation sites (tertiary alicyclic amines) is 1. The zero-order valence-electron chi connectivity index (χ0n) is 8.23. The molecule has 0 bridgehead atoms. The van der Waals surface area contributed by atoms with Crippen LogP contribution in [0.3, 0.4) is 0 Å². The first-order chi connectivity index (χ1) is 6.75. The maximum atomic E-state index is 11.3. The Bertz CT molecular complexity index is 367. The quantitative estimate of drug-likeness (QED) is 0.658. The summed E-state index contributed by atoms with van der Waals surface area (Å²) in [6.45, 7) is 0.772. The minimum absolute atomic E-state index is 0.215. The summed E-state index contributed by atoms with van der Waals surface area (Å²) >= 11 is 0. The molecule has 2 nitrogen and oxygen atoms in total. The van der Waals surface area contributed by atoms with Gasteiger partial charge in [0.15, 0.2) is 0 Å². The molecule has 0 aliphatic carbocycles. The second kappa shape index (κ2) is 3.66. The molecule has 0 saturated carbocycles. The Morgan fingerprint density at radius 3 is 2.57 bits per heavy atom. The van der Waals surface area contributed by atoms with Gasteiger partial charge in [0.2, 0.25) is 5.91 Å². The molecule has 14 heavy (non-hydrogen) atoms. The average molecular weight is 187 g/mol. The summed E-state index contributed by atoms with van der Waals surface area (Å²) in [5, 5.41) is 0. The van der Waals surface area contributed by atoms with Crippen molar-refractivity contribution in [2.75, 3.05) is 13.6 Å². The first-order valence-electron chi connectivity index (χ1n) is 4.74. The number of rotatable bonds is 1. The van der Waals surface area contributed by atoms with E-state index in [1.54, 1.807) is 4.90 Å². The fourth-order valence-electron chi connectivity index (χ4n) is 1.66. The van der Waals surface area contributed by atoms with E-state index in [2.05, 4.69) is 18.2 Å². The zero-order chi connectivity index (χ0) is 9.97. The largest absolute Gasteiger partial charge is 0.341 e. The molecule has 1 aromatic rings. The van der Waals surface area contributed by atoms with Gasteiger partial charge in [-0.2, -0.15) is 0 Å². The first kappa shape index (κ1) is 9.00. The van der Waals surface area contributed by atoms with Crippen molar-refractivity contribution in [3.63, 3.8) is 0 Å². The fraction of sp³-hybridized carbons (Fsp3) is 0.250. The summed E-state index contributed by atoms with van der Waals surface area (Å²) in [5.74, 6) is 0.215. The number of amides is 1. The van der Waals surface area contributed by atoms with E-state index in [4.69, 9.17) is 0 Å². The van der Waals surface area contributed by atoms with Gasteiger partial charge in [-0.05, 0) is 11.1 Å². The summed E-state index contributed by atoms with van der Waals surface area (Å²) in [6.07, 6.45) is 2.67. The maximum Gasteiger partial charge on any atom is 0.226 e. The van der Waals surface area contributed by atoms with E-state index in [0.29, 0.717) is 6.42 Å². The Hall–Kier alpha value is -1.57. The van der Waals surface area contributed by atoms with Gasteiger partial charge in [-0.3, -0.25) is 4.79 Å². The van der Waals surface area contributed by atoms with E-state index in [0.717, 1.165) is 6.54 Å². The van der Waals surface area contributed by atoms with Gasteiger partial charge in [0.1, 0.15) is 0 Å². The molecule has 1 fully saturated rings. The number of carbonyl (C=O) groups excluding carboxylic acids is 1. The Balaban J connectivity index is 2.17. The van der Waals surface area contributed by atoms with Gasteiger partial charge in [-0.1, -0.05) is 36.4 Å². The molecule has 1 amide bonds. The van der Waals surface area contributed by atoms with E-state index in [1.807, 2.05) is 25.2 Å². The van der Waals surface area contributed by atoms with Crippen LogP contribution in [-0.4, -0.2) is 24.4 Å². The molecule has 0 unspecified atom stereocenters. The van der Waals surface area contributed by atoms with Gasteiger partial charge < -0.3 is 4.90 Å². The number of hydrogen-bond acceptors (Lipinski definition) is 1. The van der Waals surface area contributed by atoms with E-state index >= 15 is 0 Å². The fourth-order valence-corrected chi connectivity index (χ4v) is 1.66. The van der Waals surface area contributed by atoms with Crippen LogP contribution in [0.1, 0.15) is 12.0 Å². The lowest BCUT2D eigenvalue weighted by atomic mass is 10.1. The molecule has 72 valence electrons. The molecule has 0 atom stereocenters. The standard InChI is InChI=1S/C12H13NO/c1-13-9-11(8-12(13)14)7-10-5-3-2-4-6-10/h2-7H,8-9H2,1H3/b11-7+. The predicted molar refractivity (Wildman–Crippen MR) is 56.7 cm³/mol. The monoisotopic (exact) mass is 187 g/mol. The van der Waals surface area contributed by atoms with Crippen molar-refractivity contribution in [1.29, 1.82) is 0 Å². The van der Waals surface area contributed by atoms with Crippen LogP contribution in [0.5, 0.6) is 0 Å². The lowest BCUT2D eigenvalue weighted by Gasteiger charge is -2.04. The van der Waals surface area contributed by atoms with Gasteiger partial charge in [-0.25, -0.2) is 0 Å². The van der Waals surface area contributed by atoms with Crippen LogP contribution >= 0.6 is 0 Å². The first-order valence-corrected chi connectivity index (χ1v) is 4.74. The Kier molecular flexibility index (Phi) is 2.35. The van der Waals surface area contributed by atoms with E-state index in [9.17, 15) is 4.79 Å². The van der Waals surface area contributed by atoms with Crippen molar-refractivity contribution >= 4 is 12.0 Å². The van der Waals surface area contributed by atoms with Crippen LogP contribution in [0.4, 0.5) is 0 Å². The topological polar surface area (TPSA) is 20.3 Å². The van der Waals surface area contributed by atoms with Crippen molar-refractivity contribution in [2.24, 2.45) is 0 Å². The summed E-state index contributed by atoms with van der Waals surface area (Å²) in [5.41, 5.74) is 2.37. The lowest BCUT2D eigenvalue weighted by Crippen LogP contribution is -2.18. The van der Waals surface area contributed by atoms with Crippen LogP contribution in [0.25, 0.3) is 6.08 Å². The molecule has 2 rings (SSSR count). The third-order valence-electron chi connectivity index (χ3n) is 2.41. The number of carbonyl (C=O) groups is 1. The molecule has 1 saturated heterocycles. The molecule has 1 aliphatic rings. The number of likely N-dealkylation sites (N-methyl/N-ethyl adjacent to an activating group) is 1. The molecule has 2 heteroatoms. The number of hydrogen-bond donors (Lipinski definition) is 0. The zero-order valence-corrected chi connectivity index (χ0v) is 8.23. The molecule has 1 heterocycles. The molecule has 0 N–H and O–H groups in total. The molecule has 0 aromatic heterocycles. The van der Waals surface area contributed by atoms with Crippen LogP contribution in [-0.2, 0) is 4.79 Å². The summed E-state index contributed by atoms with van der Waals surface area (Å²) in [6, 6.07) is 10.1. The van der Waals surface area contributed by atoms with Crippen molar-refractivity contribution in [1.82, 2.24) is 4.90 Å². The van der Waals surface area contributed by atoms with Crippen molar-refractivity contribution in [3.05, 3.63) is 41.5 Å². The highest BCUT2D eigenvalue weighted by Gasteiger charge is 2.20. The normalized spacial score (nSPS) is 19.4. The van der Waals surface area contributed by atoms with Gasteiger partial charge in [0.25, 0.3) is 0 Å². The van der Waals surface area contributed by atoms with Gasteiger partial charge in [0, 0.05) is 20.0 Å². The lowest BCUT2D eigenvalue weighted by molar-refractivity contribution is -0.126. The average Bonchev–Trinajstić information content (AvgIpc) is 2.47. The summed E-state index contributed by atoms with van der Waals surface area (Å²) < 4.78 is 0. The highest BCUT2D eigenvalue weighted by atomic mass is 16.2. The third-order valence-corrected chi connectivity index (χ3v) is 2.41. The SMILES string of the molecule is CN1C/C(=C/c2ccccc2)CC1=O. The molecule has 1 aromatic carbocycles. The molecule has 0 radical (unpaired) electrons. The Labute approximate surface area is 83.8 Å². The Morgan fingerprint density at radius 1 is 1.29 bits per heavy atom. The van der Waals surface area contributed by atoms with Crippen LogP contribution in [0.15, 0.2) is 35.9 Å². The van der Waals surface area contributed by atoms with Crippen LogP contribution in [0, 0.1) is 0 Å². The number of nitrogens with zero attached hydrogens (tertiary/aromatic N) is 1. The van der Waals surface area contributed by atoms with Gasteiger partial charge >= 0.3 is 0 Å². The van der Waals surface area contributed by atoms with E-state index in [-0.39, 0.29) is 5.91 Å². The second-order valence-electron chi connectivity index (χ2n) is 3.64. The second-order valence-corrected chi connectivity index (χ2v) is 3.64. The summed E-state index contributed by atoms with van der Waals surface area (Å²) in [7, 11) is 1.84. The van der Waals surface area contributed by atoms with Crippen molar-refractivity contribution in [2.45, 2.75) is 6.42 Å².